The molecule has 0 saturated heterocycles. The summed E-state index contributed by atoms with van der Waals surface area (Å²) in [4.78, 5) is 16.2. The summed E-state index contributed by atoms with van der Waals surface area (Å²) in [6.45, 7) is 2.49. The van der Waals surface area contributed by atoms with Crippen LogP contribution in [0.2, 0.25) is 0 Å². The molecule has 1 amide bonds. The van der Waals surface area contributed by atoms with E-state index in [9.17, 15) is 4.79 Å². The van der Waals surface area contributed by atoms with Gasteiger partial charge in [-0.1, -0.05) is 0 Å². The lowest BCUT2D eigenvalue weighted by Crippen LogP contribution is -2.22. The van der Waals surface area contributed by atoms with Crippen molar-refractivity contribution in [2.45, 2.75) is 19.9 Å². The summed E-state index contributed by atoms with van der Waals surface area (Å²) in [7, 11) is 0. The van der Waals surface area contributed by atoms with Gasteiger partial charge in [0.1, 0.15) is 0 Å². The molecule has 0 aromatic carbocycles. The van der Waals surface area contributed by atoms with Crippen molar-refractivity contribution in [2.75, 3.05) is 5.88 Å². The average Bonchev–Trinajstić information content (AvgIpc) is 2.48. The van der Waals surface area contributed by atoms with Crippen LogP contribution in [0.25, 0.3) is 0 Å². The monoisotopic (exact) mass is 218 g/mol. The molecule has 0 fully saturated rings. The minimum Gasteiger partial charge on any atom is -0.351 e. The molecule has 13 heavy (non-hydrogen) atoms. The summed E-state index contributed by atoms with van der Waals surface area (Å²) < 4.78 is 0. The summed E-state index contributed by atoms with van der Waals surface area (Å²) in [5, 5.41) is 2.77. The van der Waals surface area contributed by atoms with E-state index in [1.54, 1.807) is 16.8 Å². The van der Waals surface area contributed by atoms with Gasteiger partial charge in [0.2, 0.25) is 5.91 Å². The molecule has 3 nitrogen and oxygen atoms in total. The quantitative estimate of drug-likeness (QED) is 0.782. The van der Waals surface area contributed by atoms with E-state index in [0.717, 1.165) is 10.6 Å². The SMILES string of the molecule is Cc1ncsc1CNC(=O)CCCl. The maximum Gasteiger partial charge on any atom is 0.221 e. The topological polar surface area (TPSA) is 42.0 Å². The first-order chi connectivity index (χ1) is 6.24. The van der Waals surface area contributed by atoms with Crippen LogP contribution in [-0.4, -0.2) is 16.8 Å². The van der Waals surface area contributed by atoms with E-state index in [1.807, 2.05) is 6.92 Å². The zero-order valence-electron chi connectivity index (χ0n) is 7.34. The third kappa shape index (κ3) is 3.32. The number of rotatable bonds is 4. The third-order valence-electron chi connectivity index (χ3n) is 1.61. The Bertz CT molecular complexity index is 287. The van der Waals surface area contributed by atoms with Crippen LogP contribution in [0.15, 0.2) is 5.51 Å². The van der Waals surface area contributed by atoms with Gasteiger partial charge in [0, 0.05) is 17.2 Å². The largest absolute Gasteiger partial charge is 0.351 e. The highest BCUT2D eigenvalue weighted by Crippen LogP contribution is 2.11. The highest BCUT2D eigenvalue weighted by Gasteiger charge is 2.03. The lowest BCUT2D eigenvalue weighted by atomic mass is 10.4. The second-order valence-corrected chi connectivity index (χ2v) is 3.89. The fourth-order valence-electron chi connectivity index (χ4n) is 0.849. The number of hydrogen-bond donors (Lipinski definition) is 1. The fourth-order valence-corrected chi connectivity index (χ4v) is 1.74. The Balaban J connectivity index is 2.35. The van der Waals surface area contributed by atoms with Crippen LogP contribution in [0.1, 0.15) is 17.0 Å². The number of nitrogens with zero attached hydrogens (tertiary/aromatic N) is 1. The first-order valence-electron chi connectivity index (χ1n) is 3.95. The predicted molar refractivity (Wildman–Crippen MR) is 54.0 cm³/mol. The van der Waals surface area contributed by atoms with Crippen molar-refractivity contribution in [3.8, 4) is 0 Å². The number of aromatic nitrogens is 1. The van der Waals surface area contributed by atoms with Crippen LogP contribution in [0.3, 0.4) is 0 Å². The van der Waals surface area contributed by atoms with Crippen molar-refractivity contribution >= 4 is 28.8 Å². The Morgan fingerprint density at radius 3 is 3.08 bits per heavy atom. The first-order valence-corrected chi connectivity index (χ1v) is 5.37. The van der Waals surface area contributed by atoms with Gasteiger partial charge in [-0.15, -0.1) is 22.9 Å². The van der Waals surface area contributed by atoms with Crippen molar-refractivity contribution in [1.29, 1.82) is 0 Å². The normalized spacial score (nSPS) is 10.0. The Labute approximate surface area is 86.1 Å². The molecule has 1 aromatic rings. The average molecular weight is 219 g/mol. The summed E-state index contributed by atoms with van der Waals surface area (Å²) in [6.07, 6.45) is 0.374. The molecule has 0 atom stereocenters. The zero-order chi connectivity index (χ0) is 9.68. The number of nitrogens with one attached hydrogen (secondary N) is 1. The summed E-state index contributed by atoms with van der Waals surface area (Å²) in [6, 6.07) is 0. The second kappa shape index (κ2) is 5.19. The van der Waals surface area contributed by atoms with Crippen LogP contribution in [0.5, 0.6) is 0 Å². The number of amides is 1. The van der Waals surface area contributed by atoms with Crippen LogP contribution >= 0.6 is 22.9 Å². The molecule has 0 radical (unpaired) electrons. The van der Waals surface area contributed by atoms with E-state index in [0.29, 0.717) is 18.8 Å². The van der Waals surface area contributed by atoms with Crippen molar-refractivity contribution in [2.24, 2.45) is 0 Å². The number of halogens is 1. The predicted octanol–water partition coefficient (Wildman–Crippen LogP) is 1.70. The van der Waals surface area contributed by atoms with Crippen LogP contribution in [0.4, 0.5) is 0 Å². The fraction of sp³-hybridized carbons (Fsp3) is 0.500. The van der Waals surface area contributed by atoms with E-state index in [-0.39, 0.29) is 5.91 Å². The summed E-state index contributed by atoms with van der Waals surface area (Å²) in [5.74, 6) is 0.357. The van der Waals surface area contributed by atoms with Gasteiger partial charge < -0.3 is 5.32 Å². The van der Waals surface area contributed by atoms with E-state index in [2.05, 4.69) is 10.3 Å². The van der Waals surface area contributed by atoms with Crippen molar-refractivity contribution < 1.29 is 4.79 Å². The Hall–Kier alpha value is -0.610. The lowest BCUT2D eigenvalue weighted by molar-refractivity contribution is -0.120. The highest BCUT2D eigenvalue weighted by atomic mass is 35.5. The Morgan fingerprint density at radius 1 is 1.77 bits per heavy atom. The number of hydrogen-bond acceptors (Lipinski definition) is 3. The van der Waals surface area contributed by atoms with Gasteiger partial charge in [0.15, 0.2) is 0 Å². The molecule has 5 heteroatoms. The van der Waals surface area contributed by atoms with Crippen molar-refractivity contribution in [3.05, 3.63) is 16.1 Å². The molecule has 0 aliphatic heterocycles. The maximum atomic E-state index is 11.0. The highest BCUT2D eigenvalue weighted by molar-refractivity contribution is 7.09. The van der Waals surface area contributed by atoms with Gasteiger partial charge in [0.25, 0.3) is 0 Å². The number of aryl methyl sites for hydroxylation is 1. The molecule has 1 N–H and O–H groups in total. The van der Waals surface area contributed by atoms with E-state index in [4.69, 9.17) is 11.6 Å². The van der Waals surface area contributed by atoms with Gasteiger partial charge in [-0.2, -0.15) is 0 Å². The first kappa shape index (κ1) is 10.5. The molecule has 0 spiro atoms. The number of carbonyl (C=O) groups is 1. The van der Waals surface area contributed by atoms with Gasteiger partial charge in [0.05, 0.1) is 17.7 Å². The zero-order valence-corrected chi connectivity index (χ0v) is 8.91. The van der Waals surface area contributed by atoms with Crippen molar-refractivity contribution in [3.63, 3.8) is 0 Å². The molecule has 1 aromatic heterocycles. The Morgan fingerprint density at radius 2 is 2.54 bits per heavy atom. The van der Waals surface area contributed by atoms with Gasteiger partial charge in [-0.25, -0.2) is 4.98 Å². The van der Waals surface area contributed by atoms with Gasteiger partial charge in [-0.3, -0.25) is 4.79 Å². The molecule has 0 saturated carbocycles. The van der Waals surface area contributed by atoms with Crippen LogP contribution < -0.4 is 5.32 Å². The standard InChI is InChI=1S/C8H11ClN2OS/c1-6-7(13-5-11-6)4-10-8(12)2-3-9/h5H,2-4H2,1H3,(H,10,12). The van der Waals surface area contributed by atoms with Crippen LogP contribution in [0, 0.1) is 6.92 Å². The van der Waals surface area contributed by atoms with Gasteiger partial charge >= 0.3 is 0 Å². The molecule has 0 unspecified atom stereocenters. The second-order valence-electron chi connectivity index (χ2n) is 2.58. The molecule has 0 aliphatic rings. The van der Waals surface area contributed by atoms with Crippen molar-refractivity contribution in [1.82, 2.24) is 10.3 Å². The number of carbonyl (C=O) groups excluding carboxylic acids is 1. The van der Waals surface area contributed by atoms with E-state index in [1.165, 1.54) is 0 Å². The molecule has 1 heterocycles. The molecule has 1 rings (SSSR count). The smallest absolute Gasteiger partial charge is 0.221 e. The summed E-state index contributed by atoms with van der Waals surface area (Å²) >= 11 is 6.97. The maximum absolute atomic E-state index is 11.0. The molecular formula is C8H11ClN2OS. The van der Waals surface area contributed by atoms with E-state index >= 15 is 0 Å². The lowest BCUT2D eigenvalue weighted by Gasteiger charge is -2.01. The molecule has 0 bridgehead atoms. The molecular weight excluding hydrogens is 208 g/mol. The third-order valence-corrected chi connectivity index (χ3v) is 2.74. The minimum atomic E-state index is -0.0113. The molecule has 0 aliphatic carbocycles. The van der Waals surface area contributed by atoms with Crippen LogP contribution in [-0.2, 0) is 11.3 Å². The number of thiazole rings is 1. The molecule has 72 valence electrons. The summed E-state index contributed by atoms with van der Waals surface area (Å²) in [5.41, 5.74) is 2.76. The minimum absolute atomic E-state index is 0.0113. The Kier molecular flexibility index (Phi) is 4.18. The van der Waals surface area contributed by atoms with E-state index < -0.39 is 0 Å². The van der Waals surface area contributed by atoms with Gasteiger partial charge in [-0.05, 0) is 6.92 Å². The number of alkyl halides is 1.